The van der Waals surface area contributed by atoms with Gasteiger partial charge < -0.3 is 0 Å². The minimum Gasteiger partial charge on any atom is -0.282 e. The van der Waals surface area contributed by atoms with Gasteiger partial charge >= 0.3 is 10.1 Å². The molecule has 0 saturated carbocycles. The number of halogens is 6. The van der Waals surface area contributed by atoms with Crippen molar-refractivity contribution in [2.45, 2.75) is 4.90 Å². The summed E-state index contributed by atoms with van der Waals surface area (Å²) in [5, 5.41) is 4.77. The van der Waals surface area contributed by atoms with E-state index >= 15 is 0 Å². The van der Waals surface area contributed by atoms with Crippen LogP contribution in [0.25, 0.3) is 10.8 Å². The van der Waals surface area contributed by atoms with Crippen LogP contribution in [0.1, 0.15) is 5.56 Å². The van der Waals surface area contributed by atoms with Crippen LogP contribution in [0.15, 0.2) is 4.90 Å². The van der Waals surface area contributed by atoms with E-state index in [4.69, 9.17) is 9.81 Å². The summed E-state index contributed by atoms with van der Waals surface area (Å²) in [7, 11) is -5.70. The number of hydrogen-bond donors (Lipinski definition) is 1. The highest BCUT2D eigenvalue weighted by molar-refractivity contribution is 7.85. The molecule has 116 valence electrons. The highest BCUT2D eigenvalue weighted by atomic mass is 32.2. The molecule has 0 heterocycles. The van der Waals surface area contributed by atoms with Gasteiger partial charge in [0.25, 0.3) is 0 Å². The van der Waals surface area contributed by atoms with Gasteiger partial charge in [-0.3, -0.25) is 4.55 Å². The number of hydrogen-bond acceptors (Lipinski definition) is 3. The predicted molar refractivity (Wildman–Crippen MR) is 58.2 cm³/mol. The third-order valence-corrected chi connectivity index (χ3v) is 3.60. The molecule has 0 fully saturated rings. The lowest BCUT2D eigenvalue weighted by atomic mass is 10.0. The van der Waals surface area contributed by atoms with Crippen LogP contribution in [0.4, 0.5) is 26.3 Å². The topological polar surface area (TPSA) is 78.2 Å². The molecular weight excluding hydrogens is 340 g/mol. The Labute approximate surface area is 117 Å². The van der Waals surface area contributed by atoms with Gasteiger partial charge in [0.15, 0.2) is 39.8 Å². The molecule has 0 aliphatic heterocycles. The number of nitriles is 1. The second-order valence-electron chi connectivity index (χ2n) is 3.92. The molecule has 0 atom stereocenters. The minimum absolute atomic E-state index is 0.838. The average molecular weight is 341 g/mol. The van der Waals surface area contributed by atoms with Crippen molar-refractivity contribution in [1.29, 1.82) is 5.26 Å². The lowest BCUT2D eigenvalue weighted by Crippen LogP contribution is -2.11. The van der Waals surface area contributed by atoms with Gasteiger partial charge in [0.05, 0.1) is 10.8 Å². The van der Waals surface area contributed by atoms with Gasteiger partial charge in [-0.2, -0.15) is 13.7 Å². The zero-order chi connectivity index (χ0) is 17.0. The van der Waals surface area contributed by atoms with Crippen LogP contribution in [0, 0.1) is 46.2 Å². The quantitative estimate of drug-likeness (QED) is 0.491. The lowest BCUT2D eigenvalue weighted by molar-refractivity contribution is 0.432. The monoisotopic (exact) mass is 341 g/mol. The van der Waals surface area contributed by atoms with E-state index in [2.05, 4.69) is 0 Å². The van der Waals surface area contributed by atoms with E-state index in [0.717, 1.165) is 6.07 Å². The number of benzene rings is 2. The predicted octanol–water partition coefficient (Wildman–Crippen LogP) is 2.79. The molecule has 0 radical (unpaired) electrons. The summed E-state index contributed by atoms with van der Waals surface area (Å²) in [6.45, 7) is 0. The molecule has 0 spiro atoms. The molecule has 2 rings (SSSR count). The maximum atomic E-state index is 13.9. The standard InChI is InChI=1S/C11HF6NO3S/c12-5-2(1-18)6(13)7(14)4-3(5)8(15)10(17)11(9(4)16)22(19,20)21/h(H,19,20,21). The van der Waals surface area contributed by atoms with Crippen LogP contribution in [-0.2, 0) is 10.1 Å². The first-order valence-electron chi connectivity index (χ1n) is 5.08. The fourth-order valence-electron chi connectivity index (χ4n) is 1.82. The number of rotatable bonds is 1. The van der Waals surface area contributed by atoms with Crippen LogP contribution in [0.5, 0.6) is 0 Å². The van der Waals surface area contributed by atoms with Gasteiger partial charge in [-0.15, -0.1) is 0 Å². The normalized spacial score (nSPS) is 11.7. The first-order valence-corrected chi connectivity index (χ1v) is 6.52. The molecule has 0 aliphatic carbocycles. The summed E-state index contributed by atoms with van der Waals surface area (Å²) in [4.78, 5) is -2.31. The second-order valence-corrected chi connectivity index (χ2v) is 5.28. The van der Waals surface area contributed by atoms with Crippen molar-refractivity contribution in [2.75, 3.05) is 0 Å². The van der Waals surface area contributed by atoms with Crippen LogP contribution in [0.3, 0.4) is 0 Å². The first-order chi connectivity index (χ1) is 10.0. The van der Waals surface area contributed by atoms with Crippen molar-refractivity contribution in [3.05, 3.63) is 40.5 Å². The zero-order valence-electron chi connectivity index (χ0n) is 9.89. The smallest absolute Gasteiger partial charge is 0.282 e. The van der Waals surface area contributed by atoms with Gasteiger partial charge in [0, 0.05) is 0 Å². The molecule has 0 aromatic heterocycles. The minimum atomic E-state index is -5.70. The lowest BCUT2D eigenvalue weighted by Gasteiger charge is -2.11. The Balaban J connectivity index is 3.30. The fourth-order valence-corrected chi connectivity index (χ4v) is 2.46. The van der Waals surface area contributed by atoms with E-state index in [0.29, 0.717) is 0 Å². The molecule has 0 aliphatic rings. The third-order valence-electron chi connectivity index (χ3n) is 2.72. The van der Waals surface area contributed by atoms with Gasteiger partial charge in [-0.1, -0.05) is 0 Å². The average Bonchev–Trinajstić information content (AvgIpc) is 2.39. The van der Waals surface area contributed by atoms with E-state index in [1.165, 1.54) is 0 Å². The van der Waals surface area contributed by atoms with Crippen LogP contribution in [0.2, 0.25) is 0 Å². The van der Waals surface area contributed by atoms with Crippen molar-refractivity contribution in [1.82, 2.24) is 0 Å². The Bertz CT molecular complexity index is 980. The Morgan fingerprint density at radius 3 is 1.68 bits per heavy atom. The van der Waals surface area contributed by atoms with Crippen molar-refractivity contribution in [3.63, 3.8) is 0 Å². The maximum absolute atomic E-state index is 13.9. The number of nitrogens with zero attached hydrogens (tertiary/aromatic N) is 1. The largest absolute Gasteiger partial charge is 0.300 e. The van der Waals surface area contributed by atoms with Crippen LogP contribution < -0.4 is 0 Å². The Morgan fingerprint density at radius 2 is 1.23 bits per heavy atom. The van der Waals surface area contributed by atoms with Crippen molar-refractivity contribution in [3.8, 4) is 6.07 Å². The first kappa shape index (κ1) is 16.1. The van der Waals surface area contributed by atoms with Gasteiger partial charge in [-0.05, 0) is 0 Å². The van der Waals surface area contributed by atoms with E-state index in [9.17, 15) is 34.8 Å². The summed E-state index contributed by atoms with van der Waals surface area (Å²) in [5.74, 6) is -14.0. The molecular formula is C11HF6NO3S. The van der Waals surface area contributed by atoms with Crippen molar-refractivity contribution < 1.29 is 39.3 Å². The molecule has 11 heteroatoms. The summed E-state index contributed by atoms with van der Waals surface area (Å²) in [5.41, 5.74) is -1.65. The van der Waals surface area contributed by atoms with Crippen LogP contribution >= 0.6 is 0 Å². The third kappa shape index (κ3) is 1.99. The molecule has 0 bridgehead atoms. The summed E-state index contributed by atoms with van der Waals surface area (Å²) in [6, 6.07) is 0.838. The summed E-state index contributed by atoms with van der Waals surface area (Å²) >= 11 is 0. The van der Waals surface area contributed by atoms with E-state index < -0.39 is 66.3 Å². The molecule has 4 nitrogen and oxygen atoms in total. The van der Waals surface area contributed by atoms with Crippen molar-refractivity contribution in [2.24, 2.45) is 0 Å². The summed E-state index contributed by atoms with van der Waals surface area (Å²) in [6.07, 6.45) is 0. The van der Waals surface area contributed by atoms with E-state index in [1.807, 2.05) is 0 Å². The molecule has 0 unspecified atom stereocenters. The van der Waals surface area contributed by atoms with Crippen LogP contribution in [-0.4, -0.2) is 13.0 Å². The summed E-state index contributed by atoms with van der Waals surface area (Å²) < 4.78 is 112. The highest BCUT2D eigenvalue weighted by Gasteiger charge is 2.34. The molecule has 22 heavy (non-hydrogen) atoms. The molecule has 2 aromatic carbocycles. The molecule has 1 N–H and O–H groups in total. The van der Waals surface area contributed by atoms with Gasteiger partial charge in [0.1, 0.15) is 11.6 Å². The zero-order valence-corrected chi connectivity index (χ0v) is 10.7. The Morgan fingerprint density at radius 1 is 0.773 bits per heavy atom. The van der Waals surface area contributed by atoms with E-state index in [-0.39, 0.29) is 0 Å². The van der Waals surface area contributed by atoms with Gasteiger partial charge in [-0.25, -0.2) is 26.3 Å². The molecule has 0 saturated heterocycles. The van der Waals surface area contributed by atoms with Crippen molar-refractivity contribution >= 4 is 20.9 Å². The SMILES string of the molecule is N#Cc1c(F)c(F)c2c(F)c(S(=O)(=O)O)c(F)c(F)c2c1F. The van der Waals surface area contributed by atoms with Gasteiger partial charge in [0.2, 0.25) is 0 Å². The number of fused-ring (bicyclic) bond motifs is 1. The Hall–Kier alpha value is -2.32. The second kappa shape index (κ2) is 4.85. The van der Waals surface area contributed by atoms with E-state index in [1.54, 1.807) is 0 Å². The highest BCUT2D eigenvalue weighted by Crippen LogP contribution is 2.36. The Kier molecular flexibility index (Phi) is 3.54. The molecule has 0 amide bonds. The molecule has 2 aromatic rings. The fraction of sp³-hybridized carbons (Fsp3) is 0. The maximum Gasteiger partial charge on any atom is 0.300 e.